The van der Waals surface area contributed by atoms with Crippen LogP contribution in [0.2, 0.25) is 0 Å². The molecule has 0 fully saturated rings. The van der Waals surface area contributed by atoms with Crippen LogP contribution in [0.3, 0.4) is 0 Å². The Hall–Kier alpha value is -1.57. The molecule has 1 N–H and O–H groups in total. The van der Waals surface area contributed by atoms with E-state index < -0.39 is 24.8 Å². The lowest BCUT2D eigenvalue weighted by Crippen LogP contribution is -2.31. The smallest absolute Gasteiger partial charge is 0.359 e. The highest BCUT2D eigenvalue weighted by molar-refractivity contribution is 5.94. The number of hydrogen-bond acceptors (Lipinski definition) is 3. The van der Waals surface area contributed by atoms with E-state index in [0.717, 1.165) is 5.69 Å². The van der Waals surface area contributed by atoms with Gasteiger partial charge in [-0.25, -0.2) is 0 Å². The van der Waals surface area contributed by atoms with Crippen molar-refractivity contribution in [3.05, 3.63) is 11.4 Å². The molecule has 0 aliphatic carbocycles. The maximum atomic E-state index is 12.1. The summed E-state index contributed by atoms with van der Waals surface area (Å²) in [6.45, 7) is 7.23. The molecule has 5 nitrogen and oxygen atoms in total. The quantitative estimate of drug-likeness (QED) is 0.910. The number of carbonyl (C=O) groups excluding carboxylic acids is 1. The Bertz CT molecular complexity index is 509. The van der Waals surface area contributed by atoms with Crippen molar-refractivity contribution < 1.29 is 22.7 Å². The summed E-state index contributed by atoms with van der Waals surface area (Å²) in [6.07, 6.45) is -5.66. The first-order chi connectivity index (χ1) is 9.53. The summed E-state index contributed by atoms with van der Waals surface area (Å²) in [5.74, 6) is -0.631. The molecule has 0 bridgehead atoms. The SMILES string of the molecule is Cc1nn(C(C)C)c(C)c1NC(=O)C(C)OCC(F)(F)F. The predicted octanol–water partition coefficient (Wildman–Crippen LogP) is 2.99. The Morgan fingerprint density at radius 3 is 2.33 bits per heavy atom. The number of ether oxygens (including phenoxy) is 1. The number of nitrogens with zero attached hydrogens (tertiary/aromatic N) is 2. The fraction of sp³-hybridized carbons (Fsp3) is 0.692. The summed E-state index contributed by atoms with van der Waals surface area (Å²) >= 11 is 0. The normalized spacial score (nSPS) is 13.6. The minimum absolute atomic E-state index is 0.119. The molecule has 1 aromatic heterocycles. The van der Waals surface area contributed by atoms with Crippen LogP contribution < -0.4 is 5.32 Å². The van der Waals surface area contributed by atoms with E-state index in [4.69, 9.17) is 0 Å². The van der Waals surface area contributed by atoms with Crippen LogP contribution in [0.1, 0.15) is 38.2 Å². The van der Waals surface area contributed by atoms with E-state index in [1.807, 2.05) is 13.8 Å². The number of hydrogen-bond donors (Lipinski definition) is 1. The van der Waals surface area contributed by atoms with E-state index >= 15 is 0 Å². The van der Waals surface area contributed by atoms with Crippen molar-refractivity contribution in [1.82, 2.24) is 9.78 Å². The van der Waals surface area contributed by atoms with E-state index in [0.29, 0.717) is 11.4 Å². The molecule has 1 atom stereocenters. The van der Waals surface area contributed by atoms with E-state index in [2.05, 4.69) is 15.2 Å². The third-order valence-corrected chi connectivity index (χ3v) is 2.93. The number of carbonyl (C=O) groups is 1. The number of nitrogens with one attached hydrogen (secondary N) is 1. The summed E-state index contributed by atoms with van der Waals surface area (Å²) in [5, 5.41) is 6.86. The van der Waals surface area contributed by atoms with Gasteiger partial charge < -0.3 is 10.1 Å². The van der Waals surface area contributed by atoms with E-state index in [1.165, 1.54) is 6.92 Å². The highest BCUT2D eigenvalue weighted by Crippen LogP contribution is 2.23. The second-order valence-electron chi connectivity index (χ2n) is 5.14. The maximum Gasteiger partial charge on any atom is 0.411 e. The summed E-state index contributed by atoms with van der Waals surface area (Å²) in [5.41, 5.74) is 1.87. The molecule has 0 saturated heterocycles. The number of anilines is 1. The van der Waals surface area contributed by atoms with Gasteiger partial charge in [0.05, 0.1) is 17.1 Å². The highest BCUT2D eigenvalue weighted by Gasteiger charge is 2.30. The van der Waals surface area contributed by atoms with Gasteiger partial charge in [0.15, 0.2) is 0 Å². The molecule has 1 unspecified atom stereocenters. The zero-order chi connectivity index (χ0) is 16.4. The average molecular weight is 307 g/mol. The van der Waals surface area contributed by atoms with Gasteiger partial charge >= 0.3 is 6.18 Å². The van der Waals surface area contributed by atoms with Crippen molar-refractivity contribution in [2.45, 2.75) is 52.9 Å². The van der Waals surface area contributed by atoms with Crippen molar-refractivity contribution in [3.63, 3.8) is 0 Å². The lowest BCUT2D eigenvalue weighted by molar-refractivity contribution is -0.184. The fourth-order valence-electron chi connectivity index (χ4n) is 1.87. The number of halogens is 3. The molecule has 0 radical (unpaired) electrons. The van der Waals surface area contributed by atoms with Gasteiger partial charge in [0.1, 0.15) is 12.7 Å². The zero-order valence-corrected chi connectivity index (χ0v) is 12.7. The van der Waals surface area contributed by atoms with E-state index in [1.54, 1.807) is 18.5 Å². The Kier molecular flexibility index (Phi) is 5.38. The van der Waals surface area contributed by atoms with Crippen LogP contribution in [0.5, 0.6) is 0 Å². The first kappa shape index (κ1) is 17.5. The molecular formula is C13H20F3N3O2. The monoisotopic (exact) mass is 307 g/mol. The molecule has 1 heterocycles. The van der Waals surface area contributed by atoms with Gasteiger partial charge in [0, 0.05) is 6.04 Å². The Labute approximate surface area is 121 Å². The summed E-state index contributed by atoms with van der Waals surface area (Å²) in [6, 6.07) is 0.119. The van der Waals surface area contributed by atoms with Crippen LogP contribution in [-0.2, 0) is 9.53 Å². The maximum absolute atomic E-state index is 12.1. The summed E-state index contributed by atoms with van der Waals surface area (Å²) < 4.78 is 42.4. The minimum Gasteiger partial charge on any atom is -0.359 e. The van der Waals surface area contributed by atoms with E-state index in [-0.39, 0.29) is 6.04 Å². The van der Waals surface area contributed by atoms with Crippen LogP contribution in [0.4, 0.5) is 18.9 Å². The second-order valence-corrected chi connectivity index (χ2v) is 5.14. The molecule has 0 aliphatic heterocycles. The van der Waals surface area contributed by atoms with Gasteiger partial charge in [-0.05, 0) is 34.6 Å². The van der Waals surface area contributed by atoms with Gasteiger partial charge in [-0.3, -0.25) is 9.48 Å². The molecule has 0 aromatic carbocycles. The van der Waals surface area contributed by atoms with Crippen molar-refractivity contribution in [3.8, 4) is 0 Å². The third kappa shape index (κ3) is 4.73. The average Bonchev–Trinajstić information content (AvgIpc) is 2.63. The first-order valence-corrected chi connectivity index (χ1v) is 6.58. The molecule has 1 amide bonds. The summed E-state index contributed by atoms with van der Waals surface area (Å²) in [7, 11) is 0. The molecule has 1 rings (SSSR count). The van der Waals surface area contributed by atoms with Gasteiger partial charge in [0.25, 0.3) is 5.91 Å². The molecule has 8 heteroatoms. The Morgan fingerprint density at radius 2 is 1.90 bits per heavy atom. The van der Waals surface area contributed by atoms with Gasteiger partial charge in [-0.2, -0.15) is 18.3 Å². The molecule has 0 spiro atoms. The standard InChI is InChI=1S/C13H20F3N3O2/c1-7(2)19-9(4)11(8(3)18-19)17-12(20)10(5)21-6-13(14,15)16/h7,10H,6H2,1-5H3,(H,17,20). The van der Waals surface area contributed by atoms with Crippen LogP contribution >= 0.6 is 0 Å². The number of aromatic nitrogens is 2. The van der Waals surface area contributed by atoms with Gasteiger partial charge in [0.2, 0.25) is 0 Å². The van der Waals surface area contributed by atoms with Crippen molar-refractivity contribution >= 4 is 11.6 Å². The van der Waals surface area contributed by atoms with Crippen molar-refractivity contribution in [2.24, 2.45) is 0 Å². The van der Waals surface area contributed by atoms with Gasteiger partial charge in [-0.15, -0.1) is 0 Å². The first-order valence-electron chi connectivity index (χ1n) is 6.58. The largest absolute Gasteiger partial charge is 0.411 e. The fourth-order valence-corrected chi connectivity index (χ4v) is 1.87. The molecule has 0 aliphatic rings. The number of amides is 1. The van der Waals surface area contributed by atoms with Crippen molar-refractivity contribution in [2.75, 3.05) is 11.9 Å². The number of alkyl halides is 3. The highest BCUT2D eigenvalue weighted by atomic mass is 19.4. The minimum atomic E-state index is -4.46. The molecule has 120 valence electrons. The molecular weight excluding hydrogens is 287 g/mol. The van der Waals surface area contributed by atoms with Crippen LogP contribution in [0.15, 0.2) is 0 Å². The second kappa shape index (κ2) is 6.46. The predicted molar refractivity (Wildman–Crippen MR) is 72.2 cm³/mol. The van der Waals surface area contributed by atoms with Crippen LogP contribution in [0.25, 0.3) is 0 Å². The lowest BCUT2D eigenvalue weighted by atomic mass is 10.2. The number of aryl methyl sites for hydroxylation is 1. The van der Waals surface area contributed by atoms with Crippen LogP contribution in [-0.4, -0.2) is 34.6 Å². The third-order valence-electron chi connectivity index (χ3n) is 2.93. The molecule has 0 saturated carbocycles. The zero-order valence-electron chi connectivity index (χ0n) is 12.7. The molecule has 21 heavy (non-hydrogen) atoms. The topological polar surface area (TPSA) is 56.2 Å². The van der Waals surface area contributed by atoms with Gasteiger partial charge in [-0.1, -0.05) is 0 Å². The number of rotatable bonds is 5. The van der Waals surface area contributed by atoms with E-state index in [9.17, 15) is 18.0 Å². The van der Waals surface area contributed by atoms with Crippen molar-refractivity contribution in [1.29, 1.82) is 0 Å². The molecule has 1 aromatic rings. The summed E-state index contributed by atoms with van der Waals surface area (Å²) in [4.78, 5) is 11.9. The Morgan fingerprint density at radius 1 is 1.33 bits per heavy atom. The lowest BCUT2D eigenvalue weighted by Gasteiger charge is -2.15. The van der Waals surface area contributed by atoms with Crippen LogP contribution in [0, 0.1) is 13.8 Å². The Balaban J connectivity index is 2.75.